The van der Waals surface area contributed by atoms with Crippen molar-refractivity contribution in [1.82, 2.24) is 0 Å². The van der Waals surface area contributed by atoms with Gasteiger partial charge in [-0.15, -0.1) is 0 Å². The van der Waals surface area contributed by atoms with Gasteiger partial charge in [0.25, 0.3) is 0 Å². The number of halogens is 1. The lowest BCUT2D eigenvalue weighted by Gasteiger charge is -2.10. The molecule has 1 aromatic rings. The van der Waals surface area contributed by atoms with Crippen molar-refractivity contribution in [3.05, 3.63) is 30.1 Å². The second-order valence-electron chi connectivity index (χ2n) is 4.24. The molecule has 94 valence electrons. The molecule has 17 heavy (non-hydrogen) atoms. The first-order valence-corrected chi connectivity index (χ1v) is 5.99. The average Bonchev–Trinajstić information content (AvgIpc) is 2.84. The fourth-order valence-electron chi connectivity index (χ4n) is 1.80. The quantitative estimate of drug-likeness (QED) is 0.773. The molecule has 0 bridgehead atoms. The molecule has 4 heteroatoms. The lowest BCUT2D eigenvalue weighted by atomic mass is 10.1. The molecule has 1 saturated heterocycles. The number of nitrogens with one attached hydrogen (secondary N) is 1. The summed E-state index contributed by atoms with van der Waals surface area (Å²) >= 11 is 0. The van der Waals surface area contributed by atoms with Crippen molar-refractivity contribution < 1.29 is 13.9 Å². The highest BCUT2D eigenvalue weighted by Crippen LogP contribution is 2.12. The largest absolute Gasteiger partial charge is 0.383 e. The summed E-state index contributed by atoms with van der Waals surface area (Å²) in [5, 5.41) is 3.17. The standard InChI is InChI=1S/C13H18FNO2/c14-12-1-3-13(4-2-12)15-6-8-17-10-11-5-7-16-9-11/h1-4,11,15H,5-10H2. The van der Waals surface area contributed by atoms with Crippen LogP contribution in [0.1, 0.15) is 6.42 Å². The molecule has 1 heterocycles. The van der Waals surface area contributed by atoms with Crippen molar-refractivity contribution in [2.45, 2.75) is 6.42 Å². The zero-order valence-electron chi connectivity index (χ0n) is 9.82. The first kappa shape index (κ1) is 12.3. The van der Waals surface area contributed by atoms with Gasteiger partial charge in [0.1, 0.15) is 5.82 Å². The van der Waals surface area contributed by atoms with Crippen LogP contribution in [-0.2, 0) is 9.47 Å². The zero-order chi connectivity index (χ0) is 11.9. The summed E-state index contributed by atoms with van der Waals surface area (Å²) in [6.07, 6.45) is 1.10. The van der Waals surface area contributed by atoms with Crippen molar-refractivity contribution in [2.75, 3.05) is 38.3 Å². The summed E-state index contributed by atoms with van der Waals surface area (Å²) in [6, 6.07) is 6.33. The van der Waals surface area contributed by atoms with Crippen LogP contribution >= 0.6 is 0 Å². The van der Waals surface area contributed by atoms with Gasteiger partial charge < -0.3 is 14.8 Å². The Bertz CT molecular complexity index is 323. The minimum atomic E-state index is -0.215. The molecule has 1 fully saturated rings. The number of benzene rings is 1. The van der Waals surface area contributed by atoms with Crippen LogP contribution in [-0.4, -0.2) is 33.0 Å². The van der Waals surface area contributed by atoms with Crippen LogP contribution in [0.15, 0.2) is 24.3 Å². The fourth-order valence-corrected chi connectivity index (χ4v) is 1.80. The lowest BCUT2D eigenvalue weighted by molar-refractivity contribution is 0.0965. The van der Waals surface area contributed by atoms with Gasteiger partial charge in [-0.1, -0.05) is 0 Å². The SMILES string of the molecule is Fc1ccc(NCCOCC2CCOC2)cc1. The maximum Gasteiger partial charge on any atom is 0.123 e. The van der Waals surface area contributed by atoms with Gasteiger partial charge in [0.2, 0.25) is 0 Å². The molecule has 0 aliphatic carbocycles. The smallest absolute Gasteiger partial charge is 0.123 e. The summed E-state index contributed by atoms with van der Waals surface area (Å²) in [5.74, 6) is 0.342. The third-order valence-electron chi connectivity index (χ3n) is 2.80. The Balaban J connectivity index is 1.55. The highest BCUT2D eigenvalue weighted by atomic mass is 19.1. The van der Waals surface area contributed by atoms with E-state index in [1.807, 2.05) is 0 Å². The monoisotopic (exact) mass is 239 g/mol. The van der Waals surface area contributed by atoms with Gasteiger partial charge >= 0.3 is 0 Å². The molecule has 0 aromatic heterocycles. The Hall–Kier alpha value is -1.13. The molecular formula is C13H18FNO2. The van der Waals surface area contributed by atoms with Gasteiger partial charge in [-0.05, 0) is 30.7 Å². The molecule has 2 rings (SSSR count). The summed E-state index contributed by atoms with van der Waals surface area (Å²) in [5.41, 5.74) is 0.916. The Kier molecular flexibility index (Phi) is 4.76. The number of ether oxygens (including phenoxy) is 2. The van der Waals surface area contributed by atoms with E-state index in [0.29, 0.717) is 12.5 Å². The van der Waals surface area contributed by atoms with Gasteiger partial charge in [-0.25, -0.2) is 4.39 Å². The Morgan fingerprint density at radius 3 is 2.88 bits per heavy atom. The second kappa shape index (κ2) is 6.57. The number of hydrogen-bond donors (Lipinski definition) is 1. The van der Waals surface area contributed by atoms with E-state index < -0.39 is 0 Å². The van der Waals surface area contributed by atoms with E-state index in [0.717, 1.165) is 38.5 Å². The number of rotatable bonds is 6. The molecule has 0 amide bonds. The first-order chi connectivity index (χ1) is 8.34. The van der Waals surface area contributed by atoms with Gasteiger partial charge in [-0.2, -0.15) is 0 Å². The van der Waals surface area contributed by atoms with Gasteiger partial charge in [0.05, 0.1) is 19.8 Å². The normalized spacial score (nSPS) is 19.5. The van der Waals surface area contributed by atoms with Crippen molar-refractivity contribution >= 4 is 5.69 Å². The molecule has 3 nitrogen and oxygen atoms in total. The van der Waals surface area contributed by atoms with Crippen molar-refractivity contribution in [3.8, 4) is 0 Å². The Morgan fingerprint density at radius 1 is 1.35 bits per heavy atom. The molecule has 1 N–H and O–H groups in total. The lowest BCUT2D eigenvalue weighted by Crippen LogP contribution is -2.14. The van der Waals surface area contributed by atoms with Crippen LogP contribution in [0.2, 0.25) is 0 Å². The van der Waals surface area contributed by atoms with E-state index >= 15 is 0 Å². The Labute approximate surface area is 101 Å². The second-order valence-corrected chi connectivity index (χ2v) is 4.24. The molecule has 1 atom stereocenters. The fraction of sp³-hybridized carbons (Fsp3) is 0.538. The van der Waals surface area contributed by atoms with Crippen LogP contribution in [0.25, 0.3) is 0 Å². The molecule has 0 spiro atoms. The maximum atomic E-state index is 12.6. The van der Waals surface area contributed by atoms with Crippen LogP contribution in [0, 0.1) is 11.7 Å². The minimum absolute atomic E-state index is 0.215. The van der Waals surface area contributed by atoms with E-state index in [4.69, 9.17) is 9.47 Å². The zero-order valence-corrected chi connectivity index (χ0v) is 9.82. The molecule has 1 aliphatic rings. The molecule has 0 saturated carbocycles. The van der Waals surface area contributed by atoms with Crippen molar-refractivity contribution in [1.29, 1.82) is 0 Å². The molecule has 1 aromatic carbocycles. The van der Waals surface area contributed by atoms with Crippen LogP contribution in [0.5, 0.6) is 0 Å². The number of anilines is 1. The van der Waals surface area contributed by atoms with Crippen LogP contribution in [0.4, 0.5) is 10.1 Å². The highest BCUT2D eigenvalue weighted by molar-refractivity contribution is 5.42. The summed E-state index contributed by atoms with van der Waals surface area (Å²) < 4.78 is 23.4. The topological polar surface area (TPSA) is 30.5 Å². The molecule has 0 radical (unpaired) electrons. The first-order valence-electron chi connectivity index (χ1n) is 5.99. The molecule has 1 aliphatic heterocycles. The van der Waals surface area contributed by atoms with Crippen molar-refractivity contribution in [2.24, 2.45) is 5.92 Å². The number of hydrogen-bond acceptors (Lipinski definition) is 3. The van der Waals surface area contributed by atoms with Gasteiger partial charge in [-0.3, -0.25) is 0 Å². The molecular weight excluding hydrogens is 221 g/mol. The van der Waals surface area contributed by atoms with Gasteiger partial charge in [0.15, 0.2) is 0 Å². The predicted molar refractivity (Wildman–Crippen MR) is 64.6 cm³/mol. The van der Waals surface area contributed by atoms with Crippen LogP contribution in [0.3, 0.4) is 0 Å². The predicted octanol–water partition coefficient (Wildman–Crippen LogP) is 2.29. The third kappa shape index (κ3) is 4.32. The van der Waals surface area contributed by atoms with E-state index in [1.54, 1.807) is 12.1 Å². The van der Waals surface area contributed by atoms with Crippen LogP contribution < -0.4 is 5.32 Å². The minimum Gasteiger partial charge on any atom is -0.383 e. The maximum absolute atomic E-state index is 12.6. The third-order valence-corrected chi connectivity index (χ3v) is 2.80. The van der Waals surface area contributed by atoms with Crippen molar-refractivity contribution in [3.63, 3.8) is 0 Å². The van der Waals surface area contributed by atoms with E-state index in [2.05, 4.69) is 5.32 Å². The molecule has 1 unspecified atom stereocenters. The van der Waals surface area contributed by atoms with E-state index in [1.165, 1.54) is 12.1 Å². The van der Waals surface area contributed by atoms with E-state index in [9.17, 15) is 4.39 Å². The highest BCUT2D eigenvalue weighted by Gasteiger charge is 2.14. The Morgan fingerprint density at radius 2 is 2.18 bits per heavy atom. The average molecular weight is 239 g/mol. The van der Waals surface area contributed by atoms with E-state index in [-0.39, 0.29) is 5.82 Å². The summed E-state index contributed by atoms with van der Waals surface area (Å²) in [4.78, 5) is 0. The summed E-state index contributed by atoms with van der Waals surface area (Å²) in [6.45, 7) is 3.85. The van der Waals surface area contributed by atoms with Gasteiger partial charge in [0, 0.05) is 24.8 Å². The summed E-state index contributed by atoms with van der Waals surface area (Å²) in [7, 11) is 0.